The predicted molar refractivity (Wildman–Crippen MR) is 66.4 cm³/mol. The Hall–Kier alpha value is -1.30. The number of carbonyl (C=O) groups excluding carboxylic acids is 1. The van der Waals surface area contributed by atoms with Crippen molar-refractivity contribution >= 4 is 12.0 Å². The van der Waals surface area contributed by atoms with Crippen LogP contribution in [0.25, 0.3) is 0 Å². The van der Waals surface area contributed by atoms with Gasteiger partial charge in [-0.05, 0) is 25.2 Å². The van der Waals surface area contributed by atoms with E-state index in [4.69, 9.17) is 9.84 Å². The van der Waals surface area contributed by atoms with Gasteiger partial charge >= 0.3 is 12.0 Å². The van der Waals surface area contributed by atoms with Crippen molar-refractivity contribution in [1.29, 1.82) is 0 Å². The Bertz CT molecular complexity index is 296. The zero-order chi connectivity index (χ0) is 13.5. The number of carbonyl (C=O) groups is 2. The van der Waals surface area contributed by atoms with E-state index in [-0.39, 0.29) is 25.0 Å². The first-order valence-electron chi connectivity index (χ1n) is 6.30. The van der Waals surface area contributed by atoms with E-state index < -0.39 is 12.1 Å². The van der Waals surface area contributed by atoms with E-state index in [1.54, 1.807) is 0 Å². The molecule has 0 aromatic carbocycles. The van der Waals surface area contributed by atoms with Crippen molar-refractivity contribution in [3.8, 4) is 0 Å². The van der Waals surface area contributed by atoms with Gasteiger partial charge in [-0.25, -0.2) is 4.79 Å². The number of carboxylic acid groups (broad SMARTS) is 1. The summed E-state index contributed by atoms with van der Waals surface area (Å²) in [7, 11) is 1.44. The molecule has 0 aromatic heterocycles. The van der Waals surface area contributed by atoms with Crippen molar-refractivity contribution in [3.63, 3.8) is 0 Å². The molecule has 0 saturated heterocycles. The normalized spacial score (nSPS) is 24.6. The lowest BCUT2D eigenvalue weighted by atomic mass is 10.1. The molecular formula is C12H22N2O4. The molecule has 0 radical (unpaired) electrons. The van der Waals surface area contributed by atoms with Crippen LogP contribution in [0.3, 0.4) is 0 Å². The maximum Gasteiger partial charge on any atom is 0.315 e. The average Bonchev–Trinajstić information content (AvgIpc) is 2.69. The number of hydrogen-bond acceptors (Lipinski definition) is 3. The molecule has 104 valence electrons. The zero-order valence-corrected chi connectivity index (χ0v) is 10.9. The highest BCUT2D eigenvalue weighted by Gasteiger charge is 2.23. The van der Waals surface area contributed by atoms with Gasteiger partial charge in [0, 0.05) is 19.7 Å². The number of rotatable bonds is 6. The first-order valence-corrected chi connectivity index (χ1v) is 6.30. The summed E-state index contributed by atoms with van der Waals surface area (Å²) >= 11 is 0. The maximum absolute atomic E-state index is 11.6. The highest BCUT2D eigenvalue weighted by molar-refractivity contribution is 5.74. The van der Waals surface area contributed by atoms with E-state index in [2.05, 4.69) is 17.6 Å². The van der Waals surface area contributed by atoms with Crippen LogP contribution in [0.5, 0.6) is 0 Å². The molecule has 18 heavy (non-hydrogen) atoms. The van der Waals surface area contributed by atoms with Crippen molar-refractivity contribution in [2.24, 2.45) is 5.92 Å². The van der Waals surface area contributed by atoms with Crippen LogP contribution < -0.4 is 10.6 Å². The van der Waals surface area contributed by atoms with E-state index in [0.29, 0.717) is 5.92 Å². The minimum Gasteiger partial charge on any atom is -0.481 e. The molecule has 3 N–H and O–H groups in total. The topological polar surface area (TPSA) is 87.7 Å². The van der Waals surface area contributed by atoms with Gasteiger partial charge in [0.25, 0.3) is 0 Å². The molecule has 1 rings (SSSR count). The Morgan fingerprint density at radius 2 is 2.17 bits per heavy atom. The average molecular weight is 258 g/mol. The minimum atomic E-state index is -0.936. The Kier molecular flexibility index (Phi) is 5.91. The summed E-state index contributed by atoms with van der Waals surface area (Å²) in [5.74, 6) is -0.275. The van der Waals surface area contributed by atoms with Gasteiger partial charge in [0.05, 0.1) is 12.5 Å². The Morgan fingerprint density at radius 3 is 2.67 bits per heavy atom. The highest BCUT2D eigenvalue weighted by Crippen LogP contribution is 2.24. The summed E-state index contributed by atoms with van der Waals surface area (Å²) in [5, 5.41) is 14.2. The fourth-order valence-electron chi connectivity index (χ4n) is 2.21. The predicted octanol–water partition coefficient (Wildman–Crippen LogP) is 0.964. The second-order valence-electron chi connectivity index (χ2n) is 4.93. The molecular weight excluding hydrogens is 236 g/mol. The largest absolute Gasteiger partial charge is 0.481 e. The van der Waals surface area contributed by atoms with Crippen LogP contribution in [0.15, 0.2) is 0 Å². The van der Waals surface area contributed by atoms with Crippen LogP contribution in [0.2, 0.25) is 0 Å². The monoisotopic (exact) mass is 258 g/mol. The molecule has 0 aromatic rings. The van der Waals surface area contributed by atoms with Gasteiger partial charge < -0.3 is 20.5 Å². The molecule has 6 nitrogen and oxygen atoms in total. The third kappa shape index (κ3) is 5.35. The van der Waals surface area contributed by atoms with Crippen LogP contribution in [0, 0.1) is 5.92 Å². The molecule has 3 atom stereocenters. The number of urea groups is 1. The van der Waals surface area contributed by atoms with E-state index in [1.807, 2.05) is 0 Å². The summed E-state index contributed by atoms with van der Waals surface area (Å²) in [6, 6.07) is -0.0120. The second-order valence-corrected chi connectivity index (χ2v) is 4.93. The fourth-order valence-corrected chi connectivity index (χ4v) is 2.21. The van der Waals surface area contributed by atoms with Crippen LogP contribution >= 0.6 is 0 Å². The first kappa shape index (κ1) is 14.8. The highest BCUT2D eigenvalue weighted by atomic mass is 16.5. The molecule has 0 bridgehead atoms. The zero-order valence-electron chi connectivity index (χ0n) is 10.9. The maximum atomic E-state index is 11.6. The van der Waals surface area contributed by atoms with Crippen molar-refractivity contribution in [1.82, 2.24) is 10.6 Å². The minimum absolute atomic E-state index is 0.114. The number of ether oxygens (including phenoxy) is 1. The Balaban J connectivity index is 2.21. The van der Waals surface area contributed by atoms with Crippen molar-refractivity contribution < 1.29 is 19.4 Å². The summed E-state index contributed by atoms with van der Waals surface area (Å²) in [6.07, 6.45) is 2.56. The van der Waals surface area contributed by atoms with Crippen LogP contribution in [0.4, 0.5) is 4.79 Å². The molecule has 1 saturated carbocycles. The lowest BCUT2D eigenvalue weighted by Gasteiger charge is -2.17. The Morgan fingerprint density at radius 1 is 1.44 bits per heavy atom. The van der Waals surface area contributed by atoms with Gasteiger partial charge in [0.15, 0.2) is 0 Å². The summed E-state index contributed by atoms with van der Waals surface area (Å²) in [6.45, 7) is 2.38. The second kappa shape index (κ2) is 7.20. The molecule has 0 aliphatic heterocycles. The number of amides is 2. The third-order valence-corrected chi connectivity index (χ3v) is 3.26. The number of nitrogens with one attached hydrogen (secondary N) is 2. The fraction of sp³-hybridized carbons (Fsp3) is 0.833. The lowest BCUT2D eigenvalue weighted by Crippen LogP contribution is -2.44. The summed E-state index contributed by atoms with van der Waals surface area (Å²) in [5.41, 5.74) is 0. The van der Waals surface area contributed by atoms with Gasteiger partial charge in [0.2, 0.25) is 0 Å². The van der Waals surface area contributed by atoms with Gasteiger partial charge in [-0.1, -0.05) is 6.92 Å². The molecule has 3 unspecified atom stereocenters. The van der Waals surface area contributed by atoms with Gasteiger partial charge in [0.1, 0.15) is 0 Å². The molecule has 1 aliphatic carbocycles. The van der Waals surface area contributed by atoms with E-state index in [0.717, 1.165) is 19.3 Å². The van der Waals surface area contributed by atoms with Gasteiger partial charge in [-0.3, -0.25) is 4.79 Å². The molecule has 1 aliphatic rings. The van der Waals surface area contributed by atoms with Crippen molar-refractivity contribution in [3.05, 3.63) is 0 Å². The van der Waals surface area contributed by atoms with E-state index >= 15 is 0 Å². The first-order chi connectivity index (χ1) is 8.51. The molecule has 0 spiro atoms. The summed E-state index contributed by atoms with van der Waals surface area (Å²) < 4.78 is 4.98. The number of hydrogen-bond donors (Lipinski definition) is 3. The SMILES string of the molecule is COC(CNC(=O)NC1CCC(C)C1)CC(=O)O. The quantitative estimate of drug-likeness (QED) is 0.662. The molecule has 0 heterocycles. The van der Waals surface area contributed by atoms with Crippen molar-refractivity contribution in [2.45, 2.75) is 44.8 Å². The third-order valence-electron chi connectivity index (χ3n) is 3.26. The molecule has 6 heteroatoms. The van der Waals surface area contributed by atoms with Gasteiger partial charge in [-0.15, -0.1) is 0 Å². The van der Waals surface area contributed by atoms with Crippen molar-refractivity contribution in [2.75, 3.05) is 13.7 Å². The smallest absolute Gasteiger partial charge is 0.315 e. The standard InChI is InChI=1S/C12H22N2O4/c1-8-3-4-9(5-8)14-12(17)13-7-10(18-2)6-11(15)16/h8-10H,3-7H2,1-2H3,(H,15,16)(H2,13,14,17). The van der Waals surface area contributed by atoms with Crippen LogP contribution in [-0.4, -0.2) is 42.9 Å². The van der Waals surface area contributed by atoms with Crippen LogP contribution in [0.1, 0.15) is 32.6 Å². The van der Waals surface area contributed by atoms with Gasteiger partial charge in [-0.2, -0.15) is 0 Å². The number of carboxylic acids is 1. The van der Waals surface area contributed by atoms with Crippen LogP contribution in [-0.2, 0) is 9.53 Å². The number of aliphatic carboxylic acids is 1. The van der Waals surface area contributed by atoms with E-state index in [9.17, 15) is 9.59 Å². The molecule has 2 amide bonds. The lowest BCUT2D eigenvalue weighted by molar-refractivity contribution is -0.139. The summed E-state index contributed by atoms with van der Waals surface area (Å²) in [4.78, 5) is 22.1. The Labute approximate surface area is 107 Å². The molecule has 1 fully saturated rings. The number of methoxy groups -OCH3 is 1. The van der Waals surface area contributed by atoms with E-state index in [1.165, 1.54) is 7.11 Å².